The second-order valence-electron chi connectivity index (χ2n) is 6.52. The van der Waals surface area contributed by atoms with Gasteiger partial charge in [-0.25, -0.2) is 0 Å². The molecule has 1 unspecified atom stereocenters. The maximum Gasteiger partial charge on any atom is 0.0221 e. The molecule has 2 heteroatoms. The summed E-state index contributed by atoms with van der Waals surface area (Å²) in [6.45, 7) is 10.7. The van der Waals surface area contributed by atoms with Crippen molar-refractivity contribution in [2.45, 2.75) is 97.1 Å². The second-order valence-corrected chi connectivity index (χ2v) is 6.52. The van der Waals surface area contributed by atoms with Crippen LogP contribution in [0.4, 0.5) is 0 Å². The summed E-state index contributed by atoms with van der Waals surface area (Å²) in [6, 6.07) is 1.58. The van der Waals surface area contributed by atoms with Crippen molar-refractivity contribution in [1.29, 1.82) is 0 Å². The van der Waals surface area contributed by atoms with Crippen molar-refractivity contribution in [3.8, 4) is 0 Å². The van der Waals surface area contributed by atoms with Crippen LogP contribution < -0.4 is 5.32 Å². The molecule has 0 radical (unpaired) electrons. The van der Waals surface area contributed by atoms with E-state index in [-0.39, 0.29) is 0 Å². The molecule has 1 aliphatic heterocycles. The van der Waals surface area contributed by atoms with E-state index in [4.69, 9.17) is 0 Å². The van der Waals surface area contributed by atoms with E-state index >= 15 is 0 Å². The summed E-state index contributed by atoms with van der Waals surface area (Å²) in [5, 5.41) is 3.90. The zero-order valence-electron chi connectivity index (χ0n) is 14.3. The van der Waals surface area contributed by atoms with Crippen LogP contribution in [0.3, 0.4) is 0 Å². The van der Waals surface area contributed by atoms with E-state index in [9.17, 15) is 0 Å². The van der Waals surface area contributed by atoms with Gasteiger partial charge in [0.05, 0.1) is 0 Å². The molecular formula is C18H38N2. The first kappa shape index (κ1) is 18.0. The second kappa shape index (κ2) is 11.6. The van der Waals surface area contributed by atoms with Crippen molar-refractivity contribution in [2.75, 3.05) is 19.6 Å². The average molecular weight is 283 g/mol. The Morgan fingerprint density at radius 1 is 1.00 bits per heavy atom. The summed E-state index contributed by atoms with van der Waals surface area (Å²) in [4.78, 5) is 2.65. The van der Waals surface area contributed by atoms with Gasteiger partial charge in [-0.05, 0) is 38.8 Å². The predicted molar refractivity (Wildman–Crippen MR) is 90.3 cm³/mol. The monoisotopic (exact) mass is 282 g/mol. The molecule has 0 saturated carbocycles. The minimum Gasteiger partial charge on any atom is -0.312 e. The van der Waals surface area contributed by atoms with E-state index < -0.39 is 0 Å². The number of hydrogen-bond donors (Lipinski definition) is 1. The highest BCUT2D eigenvalue weighted by Crippen LogP contribution is 2.17. The lowest BCUT2D eigenvalue weighted by Crippen LogP contribution is -2.41. The zero-order chi connectivity index (χ0) is 14.6. The van der Waals surface area contributed by atoms with Gasteiger partial charge in [0, 0.05) is 18.6 Å². The third-order valence-electron chi connectivity index (χ3n) is 4.86. The van der Waals surface area contributed by atoms with Crippen LogP contribution in [0.1, 0.15) is 85.0 Å². The maximum atomic E-state index is 3.90. The molecule has 1 atom stereocenters. The zero-order valence-corrected chi connectivity index (χ0v) is 14.3. The van der Waals surface area contributed by atoms with Gasteiger partial charge in [0.15, 0.2) is 0 Å². The van der Waals surface area contributed by atoms with E-state index in [1.807, 2.05) is 0 Å². The van der Waals surface area contributed by atoms with Crippen molar-refractivity contribution in [2.24, 2.45) is 0 Å². The number of likely N-dealkylation sites (N-methyl/N-ethyl adjacent to an activating group) is 1. The van der Waals surface area contributed by atoms with Crippen molar-refractivity contribution in [3.05, 3.63) is 0 Å². The fourth-order valence-corrected chi connectivity index (χ4v) is 3.48. The van der Waals surface area contributed by atoms with Crippen LogP contribution >= 0.6 is 0 Å². The third kappa shape index (κ3) is 7.08. The van der Waals surface area contributed by atoms with E-state index in [0.717, 1.165) is 12.1 Å². The van der Waals surface area contributed by atoms with Gasteiger partial charge in [0.25, 0.3) is 0 Å². The summed E-state index contributed by atoms with van der Waals surface area (Å²) in [5.74, 6) is 0. The molecule has 20 heavy (non-hydrogen) atoms. The van der Waals surface area contributed by atoms with Gasteiger partial charge in [0.2, 0.25) is 0 Å². The van der Waals surface area contributed by atoms with Crippen molar-refractivity contribution >= 4 is 0 Å². The van der Waals surface area contributed by atoms with Gasteiger partial charge in [-0.3, -0.25) is 4.90 Å². The van der Waals surface area contributed by atoms with Crippen LogP contribution in [-0.2, 0) is 0 Å². The standard InChI is InChI=1S/C18H38N2/c1-4-7-9-12-17(13-10-8-5-2)19-16-18-14-11-15-20(18)6-3/h17-19H,4-16H2,1-3H3. The van der Waals surface area contributed by atoms with Crippen molar-refractivity contribution in [3.63, 3.8) is 0 Å². The Bertz CT molecular complexity index is 207. The highest BCUT2D eigenvalue weighted by molar-refractivity contribution is 4.81. The Balaban J connectivity index is 2.26. The molecule has 0 amide bonds. The molecule has 120 valence electrons. The fraction of sp³-hybridized carbons (Fsp3) is 1.00. The van der Waals surface area contributed by atoms with Gasteiger partial charge >= 0.3 is 0 Å². The number of likely N-dealkylation sites (tertiary alicyclic amines) is 1. The maximum absolute atomic E-state index is 3.90. The summed E-state index contributed by atoms with van der Waals surface area (Å²) >= 11 is 0. The Kier molecular flexibility index (Phi) is 10.4. The number of nitrogens with zero attached hydrogens (tertiary/aromatic N) is 1. The molecule has 0 aromatic rings. The molecule has 1 fully saturated rings. The molecule has 2 nitrogen and oxygen atoms in total. The number of nitrogens with one attached hydrogen (secondary N) is 1. The Morgan fingerprint density at radius 3 is 2.20 bits per heavy atom. The predicted octanol–water partition coefficient (Wildman–Crippen LogP) is 4.59. The van der Waals surface area contributed by atoms with Gasteiger partial charge < -0.3 is 5.32 Å². The van der Waals surface area contributed by atoms with Crippen LogP contribution in [0.2, 0.25) is 0 Å². The molecule has 1 N–H and O–H groups in total. The molecular weight excluding hydrogens is 244 g/mol. The van der Waals surface area contributed by atoms with Crippen LogP contribution in [0.5, 0.6) is 0 Å². The summed E-state index contributed by atoms with van der Waals surface area (Å²) in [6.07, 6.45) is 13.9. The molecule has 0 aromatic carbocycles. The first-order valence-electron chi connectivity index (χ1n) is 9.29. The Hall–Kier alpha value is -0.0800. The molecule has 1 heterocycles. The number of rotatable bonds is 12. The van der Waals surface area contributed by atoms with Crippen LogP contribution in [0.25, 0.3) is 0 Å². The lowest BCUT2D eigenvalue weighted by molar-refractivity contribution is 0.249. The quantitative estimate of drug-likeness (QED) is 0.527. The summed E-state index contributed by atoms with van der Waals surface area (Å²) < 4.78 is 0. The van der Waals surface area contributed by atoms with Crippen molar-refractivity contribution in [1.82, 2.24) is 10.2 Å². The van der Waals surface area contributed by atoms with E-state index in [2.05, 4.69) is 31.0 Å². The normalized spacial score (nSPS) is 20.1. The topological polar surface area (TPSA) is 15.3 Å². The molecule has 1 rings (SSSR count). The number of unbranched alkanes of at least 4 members (excludes halogenated alkanes) is 4. The fourth-order valence-electron chi connectivity index (χ4n) is 3.48. The van der Waals surface area contributed by atoms with Gasteiger partial charge in [-0.2, -0.15) is 0 Å². The van der Waals surface area contributed by atoms with Crippen LogP contribution in [-0.4, -0.2) is 36.6 Å². The smallest absolute Gasteiger partial charge is 0.0221 e. The summed E-state index contributed by atoms with van der Waals surface area (Å²) in [7, 11) is 0. The molecule has 1 saturated heterocycles. The SMILES string of the molecule is CCCCCC(CCCCC)NCC1CCCN1CC. The lowest BCUT2D eigenvalue weighted by Gasteiger charge is -2.26. The Morgan fingerprint density at radius 2 is 1.65 bits per heavy atom. The average Bonchev–Trinajstić information content (AvgIpc) is 2.92. The summed E-state index contributed by atoms with van der Waals surface area (Å²) in [5.41, 5.74) is 0. The van der Waals surface area contributed by atoms with E-state index in [1.165, 1.54) is 83.8 Å². The molecule has 1 aliphatic rings. The third-order valence-corrected chi connectivity index (χ3v) is 4.86. The van der Waals surface area contributed by atoms with Gasteiger partial charge in [0.1, 0.15) is 0 Å². The van der Waals surface area contributed by atoms with Crippen LogP contribution in [0.15, 0.2) is 0 Å². The highest BCUT2D eigenvalue weighted by Gasteiger charge is 2.23. The van der Waals surface area contributed by atoms with E-state index in [0.29, 0.717) is 0 Å². The first-order valence-corrected chi connectivity index (χ1v) is 9.29. The molecule has 0 bridgehead atoms. The lowest BCUT2D eigenvalue weighted by atomic mass is 10.0. The number of hydrogen-bond acceptors (Lipinski definition) is 2. The molecule has 0 aliphatic carbocycles. The van der Waals surface area contributed by atoms with Crippen LogP contribution in [0, 0.1) is 0 Å². The molecule has 0 aromatic heterocycles. The van der Waals surface area contributed by atoms with E-state index in [1.54, 1.807) is 0 Å². The first-order chi connectivity index (χ1) is 9.81. The minimum absolute atomic E-state index is 0.771. The minimum atomic E-state index is 0.771. The molecule has 0 spiro atoms. The largest absolute Gasteiger partial charge is 0.312 e. The van der Waals surface area contributed by atoms with Gasteiger partial charge in [-0.1, -0.05) is 59.3 Å². The Labute approximate surface area is 127 Å². The van der Waals surface area contributed by atoms with Gasteiger partial charge in [-0.15, -0.1) is 0 Å². The highest BCUT2D eigenvalue weighted by atomic mass is 15.2. The van der Waals surface area contributed by atoms with Crippen molar-refractivity contribution < 1.29 is 0 Å².